The van der Waals surface area contributed by atoms with E-state index in [1.165, 1.54) is 0 Å². The van der Waals surface area contributed by atoms with Crippen LogP contribution in [0.5, 0.6) is 0 Å². The number of hydrogen-bond acceptors (Lipinski definition) is 3. The topological polar surface area (TPSA) is 83.5 Å². The predicted octanol–water partition coefficient (Wildman–Crippen LogP) is 4.56. The second kappa shape index (κ2) is 7.02. The van der Waals surface area contributed by atoms with E-state index in [0.717, 1.165) is 32.3 Å². The molecule has 0 saturated heterocycles. The molecular weight excluding hydrogens is 478 g/mol. The van der Waals surface area contributed by atoms with Crippen molar-refractivity contribution in [3.8, 4) is 11.1 Å². The third-order valence-corrected chi connectivity index (χ3v) is 8.52. The van der Waals surface area contributed by atoms with Gasteiger partial charge in [0, 0.05) is 10.4 Å². The minimum atomic E-state index is -4.03. The summed E-state index contributed by atoms with van der Waals surface area (Å²) in [4.78, 5) is 12.3. The second-order valence-corrected chi connectivity index (χ2v) is 10.9. The van der Waals surface area contributed by atoms with Crippen molar-refractivity contribution < 1.29 is 18.3 Å². The van der Waals surface area contributed by atoms with Crippen LogP contribution in [0.3, 0.4) is 0 Å². The maximum Gasteiger partial charge on any atom is 0.325 e. The molecule has 0 spiro atoms. The van der Waals surface area contributed by atoms with Crippen molar-refractivity contribution in [1.82, 2.24) is 4.72 Å². The molecule has 3 aromatic carbocycles. The summed E-state index contributed by atoms with van der Waals surface area (Å²) >= 11 is 3.48. The molecule has 2 aliphatic carbocycles. The number of carboxylic acid groups (broad SMARTS) is 1. The Balaban J connectivity index is 1.48. The lowest BCUT2D eigenvalue weighted by molar-refractivity contribution is -0.140. The molecule has 3 aromatic rings. The van der Waals surface area contributed by atoms with E-state index in [1.54, 1.807) is 19.1 Å². The lowest BCUT2D eigenvalue weighted by Crippen LogP contribution is -2.45. The van der Waals surface area contributed by atoms with Gasteiger partial charge in [-0.3, -0.25) is 4.79 Å². The van der Waals surface area contributed by atoms with Crippen molar-refractivity contribution in [3.05, 3.63) is 87.9 Å². The molecule has 2 aliphatic rings. The first-order valence-electron chi connectivity index (χ1n) is 9.98. The van der Waals surface area contributed by atoms with Crippen LogP contribution in [-0.2, 0) is 21.2 Å². The van der Waals surface area contributed by atoms with Crippen LogP contribution >= 0.6 is 15.9 Å². The van der Waals surface area contributed by atoms with Gasteiger partial charge in [0.25, 0.3) is 0 Å². The van der Waals surface area contributed by atoms with Crippen LogP contribution in [0.25, 0.3) is 11.1 Å². The molecule has 0 amide bonds. The van der Waals surface area contributed by atoms with Crippen LogP contribution in [0, 0.1) is 5.92 Å². The fourth-order valence-electron chi connectivity index (χ4n) is 4.90. The molecule has 7 heteroatoms. The van der Waals surface area contributed by atoms with Gasteiger partial charge in [0.1, 0.15) is 5.54 Å². The monoisotopic (exact) mass is 497 g/mol. The second-order valence-electron chi connectivity index (χ2n) is 8.25. The average Bonchev–Trinajstić information content (AvgIpc) is 3.15. The van der Waals surface area contributed by atoms with E-state index in [0.29, 0.717) is 6.42 Å². The number of rotatable bonds is 5. The summed E-state index contributed by atoms with van der Waals surface area (Å²) in [5, 5.41) is 9.98. The summed E-state index contributed by atoms with van der Waals surface area (Å²) < 4.78 is 30.0. The van der Waals surface area contributed by atoms with Crippen molar-refractivity contribution in [1.29, 1.82) is 0 Å². The van der Waals surface area contributed by atoms with E-state index in [4.69, 9.17) is 0 Å². The minimum Gasteiger partial charge on any atom is -0.480 e. The number of carbonyl (C=O) groups is 1. The highest BCUT2D eigenvalue weighted by atomic mass is 79.9. The number of hydrogen-bond donors (Lipinski definition) is 2. The summed E-state index contributed by atoms with van der Waals surface area (Å²) in [7, 11) is -4.03. The number of nitrogens with one attached hydrogen (secondary N) is 1. The fourth-order valence-corrected chi connectivity index (χ4v) is 6.82. The smallest absolute Gasteiger partial charge is 0.325 e. The Bertz CT molecular complexity index is 1320. The summed E-state index contributed by atoms with van der Waals surface area (Å²) in [6.07, 6.45) is 0.639. The molecule has 0 heterocycles. The lowest BCUT2D eigenvalue weighted by Gasteiger charge is -2.16. The molecule has 3 atom stereocenters. The van der Waals surface area contributed by atoms with Gasteiger partial charge in [0.2, 0.25) is 10.0 Å². The predicted molar refractivity (Wildman–Crippen MR) is 121 cm³/mol. The highest BCUT2D eigenvalue weighted by molar-refractivity contribution is 9.10. The molecule has 1 saturated carbocycles. The van der Waals surface area contributed by atoms with E-state index in [1.807, 2.05) is 54.6 Å². The minimum absolute atomic E-state index is 0.0876. The highest BCUT2D eigenvalue weighted by Gasteiger charge is 2.70. The number of halogens is 1. The largest absolute Gasteiger partial charge is 0.480 e. The first-order valence-corrected chi connectivity index (χ1v) is 12.3. The molecule has 0 aromatic heterocycles. The van der Waals surface area contributed by atoms with Gasteiger partial charge in [-0.05, 0) is 64.4 Å². The van der Waals surface area contributed by atoms with Gasteiger partial charge < -0.3 is 5.11 Å². The Morgan fingerprint density at radius 2 is 1.68 bits per heavy atom. The summed E-state index contributed by atoms with van der Waals surface area (Å²) in [6.45, 7) is 1.77. The summed E-state index contributed by atoms with van der Waals surface area (Å²) in [5.74, 6) is -1.94. The zero-order chi connectivity index (χ0) is 22.0. The van der Waals surface area contributed by atoms with Crippen LogP contribution < -0.4 is 4.72 Å². The van der Waals surface area contributed by atoms with E-state index in [2.05, 4.69) is 20.7 Å². The number of aliphatic carboxylic acids is 1. The van der Waals surface area contributed by atoms with Crippen molar-refractivity contribution in [2.24, 2.45) is 5.92 Å². The van der Waals surface area contributed by atoms with Gasteiger partial charge in [0.05, 0.1) is 4.90 Å². The van der Waals surface area contributed by atoms with Crippen LogP contribution in [0.1, 0.15) is 29.5 Å². The molecule has 1 unspecified atom stereocenters. The Morgan fingerprint density at radius 3 is 2.35 bits per heavy atom. The SMILES string of the molecule is C[C@H]1C(c2ccccc2)[C@]1(NS(=O)(=O)c1ccc2c(c1)Cc1cc(Br)ccc1-2)C(=O)O. The van der Waals surface area contributed by atoms with Gasteiger partial charge in [-0.1, -0.05) is 65.3 Å². The highest BCUT2D eigenvalue weighted by Crippen LogP contribution is 2.58. The molecule has 2 N–H and O–H groups in total. The molecule has 0 aliphatic heterocycles. The summed E-state index contributed by atoms with van der Waals surface area (Å²) in [6, 6.07) is 20.2. The molecular formula is C24H20BrNO4S. The van der Waals surface area contributed by atoms with Crippen molar-refractivity contribution in [2.45, 2.75) is 29.7 Å². The fraction of sp³-hybridized carbons (Fsp3) is 0.208. The Kier molecular flexibility index (Phi) is 4.62. The van der Waals surface area contributed by atoms with Gasteiger partial charge in [-0.2, -0.15) is 4.72 Å². The number of benzene rings is 3. The molecule has 0 radical (unpaired) electrons. The lowest BCUT2D eigenvalue weighted by atomic mass is 10.1. The quantitative estimate of drug-likeness (QED) is 0.423. The zero-order valence-corrected chi connectivity index (χ0v) is 19.1. The molecule has 0 bridgehead atoms. The Labute approximate surface area is 189 Å². The molecule has 5 nitrogen and oxygen atoms in total. The zero-order valence-electron chi connectivity index (χ0n) is 16.7. The normalized spacial score (nSPS) is 23.8. The Hall–Kier alpha value is -2.48. The van der Waals surface area contributed by atoms with Gasteiger partial charge in [0.15, 0.2) is 0 Å². The third-order valence-electron chi connectivity index (χ3n) is 6.54. The van der Waals surface area contributed by atoms with Gasteiger partial charge in [-0.15, -0.1) is 0 Å². The van der Waals surface area contributed by atoms with E-state index in [9.17, 15) is 18.3 Å². The van der Waals surface area contributed by atoms with E-state index < -0.39 is 27.4 Å². The number of sulfonamides is 1. The number of carboxylic acids is 1. The maximum atomic E-state index is 13.3. The Morgan fingerprint density at radius 1 is 1.03 bits per heavy atom. The van der Waals surface area contributed by atoms with Crippen LogP contribution in [-0.4, -0.2) is 25.0 Å². The van der Waals surface area contributed by atoms with Crippen molar-refractivity contribution in [2.75, 3.05) is 0 Å². The standard InChI is InChI=1S/C24H20BrNO4S/c1-14-22(15-5-3-2-4-6-15)24(14,23(27)28)26-31(29,30)19-8-10-21-17(13-19)11-16-12-18(25)7-9-20(16)21/h2-10,12-14,22,26H,11H2,1H3,(H,27,28)/t14-,22?,24-/m0/s1. The molecule has 1 fully saturated rings. The first-order chi connectivity index (χ1) is 14.7. The summed E-state index contributed by atoms with van der Waals surface area (Å²) in [5.41, 5.74) is 3.42. The van der Waals surface area contributed by atoms with Crippen LogP contribution in [0.15, 0.2) is 76.1 Å². The average molecular weight is 498 g/mol. The van der Waals surface area contributed by atoms with E-state index >= 15 is 0 Å². The molecule has 158 valence electrons. The molecule has 5 rings (SSSR count). The van der Waals surface area contributed by atoms with Crippen molar-refractivity contribution >= 4 is 31.9 Å². The van der Waals surface area contributed by atoms with Gasteiger partial charge >= 0.3 is 5.97 Å². The van der Waals surface area contributed by atoms with E-state index in [-0.39, 0.29) is 10.8 Å². The third kappa shape index (κ3) is 3.14. The van der Waals surface area contributed by atoms with Crippen LogP contribution in [0.4, 0.5) is 0 Å². The number of fused-ring (bicyclic) bond motifs is 3. The molecule has 31 heavy (non-hydrogen) atoms. The first kappa shape index (κ1) is 20.4. The van der Waals surface area contributed by atoms with Gasteiger partial charge in [-0.25, -0.2) is 8.42 Å². The van der Waals surface area contributed by atoms with Crippen molar-refractivity contribution in [3.63, 3.8) is 0 Å². The maximum absolute atomic E-state index is 13.3. The van der Waals surface area contributed by atoms with Crippen LogP contribution in [0.2, 0.25) is 0 Å².